The van der Waals surface area contributed by atoms with Gasteiger partial charge < -0.3 is 5.32 Å². The average Bonchev–Trinajstić information content (AvgIpc) is 3.08. The fourth-order valence-corrected chi connectivity index (χ4v) is 4.20. The quantitative estimate of drug-likeness (QED) is 0.596. The van der Waals surface area contributed by atoms with Crippen molar-refractivity contribution in [2.24, 2.45) is 7.05 Å². The predicted molar refractivity (Wildman–Crippen MR) is 104 cm³/mol. The molecule has 7 nitrogen and oxygen atoms in total. The zero-order chi connectivity index (χ0) is 21.4. The van der Waals surface area contributed by atoms with Crippen molar-refractivity contribution in [2.45, 2.75) is 18.0 Å². The molecule has 29 heavy (non-hydrogen) atoms. The fourth-order valence-electron chi connectivity index (χ4n) is 2.56. The van der Waals surface area contributed by atoms with Crippen LogP contribution in [0.4, 0.5) is 24.8 Å². The van der Waals surface area contributed by atoms with Crippen LogP contribution in [-0.2, 0) is 22.1 Å². The Morgan fingerprint density at radius 2 is 1.93 bits per heavy atom. The minimum atomic E-state index is -4.63. The molecule has 0 unspecified atom stereocenters. The van der Waals surface area contributed by atoms with Crippen LogP contribution in [0.2, 0.25) is 0 Å². The lowest BCUT2D eigenvalue weighted by Crippen LogP contribution is -2.11. The molecule has 154 valence electrons. The molecule has 2 heterocycles. The van der Waals surface area contributed by atoms with Gasteiger partial charge in [-0.05, 0) is 47.7 Å². The van der Waals surface area contributed by atoms with Crippen LogP contribution in [0.3, 0.4) is 0 Å². The number of halogens is 3. The SMILES string of the molecule is CSS(=O)(=O)c1ccc(Nc2ncc(C(F)(F)F)c(-c3cnn(C)c3)n2)c(C)c1. The summed E-state index contributed by atoms with van der Waals surface area (Å²) in [6.45, 7) is 1.67. The molecule has 0 saturated heterocycles. The van der Waals surface area contributed by atoms with Crippen LogP contribution < -0.4 is 5.32 Å². The summed E-state index contributed by atoms with van der Waals surface area (Å²) in [6.07, 6.45) is 0.253. The van der Waals surface area contributed by atoms with Crippen LogP contribution >= 0.6 is 10.8 Å². The summed E-state index contributed by atoms with van der Waals surface area (Å²) in [5.41, 5.74) is -0.0339. The first-order chi connectivity index (χ1) is 13.5. The second kappa shape index (κ2) is 7.67. The van der Waals surface area contributed by atoms with Gasteiger partial charge in [-0.3, -0.25) is 4.68 Å². The minimum Gasteiger partial charge on any atom is -0.324 e. The molecule has 3 aromatic rings. The van der Waals surface area contributed by atoms with Gasteiger partial charge in [0, 0.05) is 30.7 Å². The van der Waals surface area contributed by atoms with Crippen molar-refractivity contribution in [3.63, 3.8) is 0 Å². The van der Waals surface area contributed by atoms with Crippen LogP contribution in [0.25, 0.3) is 11.3 Å². The predicted octanol–water partition coefficient (Wildman–Crippen LogP) is 4.00. The first kappa shape index (κ1) is 21.1. The third kappa shape index (κ3) is 4.53. The number of benzene rings is 1. The number of hydrogen-bond donors (Lipinski definition) is 1. The average molecular weight is 443 g/mol. The molecule has 1 N–H and O–H groups in total. The highest BCUT2D eigenvalue weighted by atomic mass is 33.1. The van der Waals surface area contributed by atoms with Crippen molar-refractivity contribution >= 4 is 31.3 Å². The molecule has 2 aromatic heterocycles. The Balaban J connectivity index is 2.00. The van der Waals surface area contributed by atoms with E-state index in [2.05, 4.69) is 20.4 Å². The summed E-state index contributed by atoms with van der Waals surface area (Å²) in [7, 11) is -1.14. The van der Waals surface area contributed by atoms with E-state index in [1.165, 1.54) is 41.5 Å². The molecule has 0 bridgehead atoms. The van der Waals surface area contributed by atoms with Gasteiger partial charge in [-0.2, -0.15) is 18.3 Å². The van der Waals surface area contributed by atoms with Crippen molar-refractivity contribution in [3.05, 3.63) is 47.9 Å². The van der Waals surface area contributed by atoms with Crippen LogP contribution in [0, 0.1) is 6.92 Å². The number of nitrogens with zero attached hydrogens (tertiary/aromatic N) is 4. The molecule has 0 amide bonds. The molecule has 0 aliphatic carbocycles. The van der Waals surface area contributed by atoms with Gasteiger partial charge in [0.05, 0.1) is 16.8 Å². The molecule has 0 saturated carbocycles. The van der Waals surface area contributed by atoms with Crippen LogP contribution in [0.5, 0.6) is 0 Å². The smallest absolute Gasteiger partial charge is 0.324 e. The molecule has 0 aliphatic heterocycles. The maximum Gasteiger partial charge on any atom is 0.419 e. The van der Waals surface area contributed by atoms with Crippen molar-refractivity contribution in [3.8, 4) is 11.3 Å². The van der Waals surface area contributed by atoms with Crippen molar-refractivity contribution < 1.29 is 21.6 Å². The molecule has 3 rings (SSSR count). The third-order valence-electron chi connectivity index (χ3n) is 4.02. The van der Waals surface area contributed by atoms with Crippen molar-refractivity contribution in [2.75, 3.05) is 11.6 Å². The molecule has 1 aromatic carbocycles. The van der Waals surface area contributed by atoms with E-state index >= 15 is 0 Å². The van der Waals surface area contributed by atoms with Gasteiger partial charge in [0.25, 0.3) is 0 Å². The maximum atomic E-state index is 13.4. The molecule has 12 heteroatoms. The number of alkyl halides is 3. The van der Waals surface area contributed by atoms with Gasteiger partial charge in [-0.1, -0.05) is 0 Å². The topological polar surface area (TPSA) is 89.8 Å². The Bertz CT molecular complexity index is 1160. The number of nitrogens with one attached hydrogen (secondary N) is 1. The first-order valence-electron chi connectivity index (χ1n) is 8.13. The highest BCUT2D eigenvalue weighted by Crippen LogP contribution is 2.36. The molecular weight excluding hydrogens is 427 g/mol. The molecule has 0 radical (unpaired) electrons. The van der Waals surface area contributed by atoms with Gasteiger partial charge in [-0.15, -0.1) is 0 Å². The Kier molecular flexibility index (Phi) is 5.59. The van der Waals surface area contributed by atoms with E-state index in [1.807, 2.05) is 0 Å². The summed E-state index contributed by atoms with van der Waals surface area (Å²) < 4.78 is 65.4. The van der Waals surface area contributed by atoms with Crippen LogP contribution in [0.15, 0.2) is 41.7 Å². The first-order valence-corrected chi connectivity index (χ1v) is 11.4. The largest absolute Gasteiger partial charge is 0.419 e. The number of aryl methyl sites for hydroxylation is 2. The summed E-state index contributed by atoms with van der Waals surface area (Å²) in [4.78, 5) is 7.94. The zero-order valence-corrected chi connectivity index (χ0v) is 17.2. The van der Waals surface area contributed by atoms with Crippen LogP contribution in [0.1, 0.15) is 11.1 Å². The molecule has 0 atom stereocenters. The van der Waals surface area contributed by atoms with E-state index in [0.29, 0.717) is 28.2 Å². The Morgan fingerprint density at radius 1 is 1.21 bits per heavy atom. The number of hydrogen-bond acceptors (Lipinski definition) is 7. The lowest BCUT2D eigenvalue weighted by molar-refractivity contribution is -0.137. The monoisotopic (exact) mass is 443 g/mol. The molecule has 0 aliphatic rings. The third-order valence-corrected chi connectivity index (χ3v) is 7.19. The summed E-state index contributed by atoms with van der Waals surface area (Å²) >= 11 is 0. The van der Waals surface area contributed by atoms with E-state index in [1.54, 1.807) is 14.0 Å². The highest BCUT2D eigenvalue weighted by molar-refractivity contribution is 8.71. The Labute approximate surface area is 168 Å². The lowest BCUT2D eigenvalue weighted by atomic mass is 10.1. The minimum absolute atomic E-state index is 0.0552. The fraction of sp³-hybridized carbons (Fsp3) is 0.235. The summed E-state index contributed by atoms with van der Waals surface area (Å²) in [5.74, 6) is -0.0552. The number of rotatable bonds is 5. The number of anilines is 2. The maximum absolute atomic E-state index is 13.4. The summed E-state index contributed by atoms with van der Waals surface area (Å²) in [5, 5.41) is 6.74. The zero-order valence-electron chi connectivity index (χ0n) is 15.5. The Morgan fingerprint density at radius 3 is 2.48 bits per heavy atom. The van der Waals surface area contributed by atoms with Gasteiger partial charge in [0.2, 0.25) is 14.8 Å². The van der Waals surface area contributed by atoms with E-state index in [4.69, 9.17) is 0 Å². The Hall–Kier alpha value is -2.60. The lowest BCUT2D eigenvalue weighted by Gasteiger charge is -2.14. The highest BCUT2D eigenvalue weighted by Gasteiger charge is 2.35. The van der Waals surface area contributed by atoms with Gasteiger partial charge in [0.1, 0.15) is 5.56 Å². The molecule has 0 fully saturated rings. The van der Waals surface area contributed by atoms with Crippen molar-refractivity contribution in [1.82, 2.24) is 19.7 Å². The van der Waals surface area contributed by atoms with Gasteiger partial charge in [0.15, 0.2) is 0 Å². The van der Waals surface area contributed by atoms with Crippen molar-refractivity contribution in [1.29, 1.82) is 0 Å². The second-order valence-electron chi connectivity index (χ2n) is 6.08. The van der Waals surface area contributed by atoms with Gasteiger partial charge >= 0.3 is 6.18 Å². The molecule has 0 spiro atoms. The molecular formula is C17H16F3N5O2S2. The van der Waals surface area contributed by atoms with E-state index in [9.17, 15) is 21.6 Å². The standard InChI is InChI=1S/C17H16F3N5O2S2/c1-10-6-12(29(26,27)28-3)4-5-14(10)23-16-21-8-13(17(18,19)20)15(24-16)11-7-22-25(2)9-11/h4-9H,1-3H3,(H,21,23,24). The van der Waals surface area contributed by atoms with E-state index < -0.39 is 20.6 Å². The van der Waals surface area contributed by atoms with Gasteiger partial charge in [-0.25, -0.2) is 18.4 Å². The normalized spacial score (nSPS) is 12.2. The van der Waals surface area contributed by atoms with E-state index in [-0.39, 0.29) is 22.1 Å². The summed E-state index contributed by atoms with van der Waals surface area (Å²) in [6, 6.07) is 4.40. The van der Waals surface area contributed by atoms with E-state index in [0.717, 1.165) is 0 Å². The second-order valence-corrected chi connectivity index (χ2v) is 10.1. The van der Waals surface area contributed by atoms with Crippen LogP contribution in [-0.4, -0.2) is 34.4 Å². The number of aromatic nitrogens is 4.